The molecule has 1 N–H and O–H groups in total. The summed E-state index contributed by atoms with van der Waals surface area (Å²) in [4.78, 5) is 0. The molecule has 0 aromatic carbocycles. The van der Waals surface area contributed by atoms with Crippen molar-refractivity contribution < 1.29 is 5.11 Å². The van der Waals surface area contributed by atoms with Crippen LogP contribution in [0.3, 0.4) is 0 Å². The lowest BCUT2D eigenvalue weighted by Gasteiger charge is -2.57. The molecule has 2 bridgehead atoms. The van der Waals surface area contributed by atoms with Gasteiger partial charge in [0.15, 0.2) is 0 Å². The van der Waals surface area contributed by atoms with Crippen molar-refractivity contribution in [2.24, 2.45) is 16.7 Å². The van der Waals surface area contributed by atoms with Crippen molar-refractivity contribution in [1.82, 2.24) is 0 Å². The predicted octanol–water partition coefficient (Wildman–Crippen LogP) is 1.80. The highest BCUT2D eigenvalue weighted by Crippen LogP contribution is 2.70. The second kappa shape index (κ2) is 1.42. The molecular formula is C9H16O. The molecule has 10 heavy (non-hydrogen) atoms. The SMILES string of the molecule is CC1(C)C2CCC1(C)C2O. The molecule has 3 saturated carbocycles. The van der Waals surface area contributed by atoms with Gasteiger partial charge in [0, 0.05) is 0 Å². The molecule has 3 aliphatic rings. The molecule has 0 amide bonds. The van der Waals surface area contributed by atoms with Gasteiger partial charge in [0.25, 0.3) is 0 Å². The molecular weight excluding hydrogens is 124 g/mol. The summed E-state index contributed by atoms with van der Waals surface area (Å²) in [5.74, 6) is 0.595. The Morgan fingerprint density at radius 3 is 2.00 bits per heavy atom. The summed E-state index contributed by atoms with van der Waals surface area (Å²) in [5.41, 5.74) is 0.657. The van der Waals surface area contributed by atoms with Gasteiger partial charge in [-0.15, -0.1) is 0 Å². The van der Waals surface area contributed by atoms with E-state index in [1.165, 1.54) is 12.8 Å². The van der Waals surface area contributed by atoms with Crippen LogP contribution >= 0.6 is 0 Å². The molecule has 58 valence electrons. The highest BCUT2D eigenvalue weighted by molar-refractivity contribution is 5.17. The zero-order valence-electron chi connectivity index (χ0n) is 7.02. The minimum absolute atomic E-state index is 0.00231. The van der Waals surface area contributed by atoms with Crippen LogP contribution < -0.4 is 0 Å². The number of fused-ring (bicyclic) bond motifs is 1. The van der Waals surface area contributed by atoms with Crippen molar-refractivity contribution in [3.8, 4) is 0 Å². The topological polar surface area (TPSA) is 20.2 Å². The van der Waals surface area contributed by atoms with Crippen molar-refractivity contribution in [2.75, 3.05) is 0 Å². The first-order chi connectivity index (χ1) is 4.50. The average Bonchev–Trinajstić information content (AvgIpc) is 2.23. The van der Waals surface area contributed by atoms with Crippen molar-refractivity contribution in [1.29, 1.82) is 0 Å². The van der Waals surface area contributed by atoms with Gasteiger partial charge in [0.2, 0.25) is 0 Å². The third kappa shape index (κ3) is 0.402. The van der Waals surface area contributed by atoms with Crippen LogP contribution in [0.2, 0.25) is 0 Å². The molecule has 3 unspecified atom stereocenters. The molecule has 0 saturated heterocycles. The summed E-state index contributed by atoms with van der Waals surface area (Å²) in [6.07, 6.45) is 2.47. The van der Waals surface area contributed by atoms with Crippen LogP contribution in [-0.4, -0.2) is 11.2 Å². The van der Waals surface area contributed by atoms with Gasteiger partial charge in [-0.05, 0) is 29.6 Å². The molecule has 0 aliphatic heterocycles. The normalized spacial score (nSPS) is 56.4. The van der Waals surface area contributed by atoms with Crippen molar-refractivity contribution in [2.45, 2.75) is 39.7 Å². The second-order valence-electron chi connectivity index (χ2n) is 4.73. The first kappa shape index (κ1) is 6.66. The minimum atomic E-state index is 0.00231. The molecule has 1 heteroatoms. The lowest BCUT2D eigenvalue weighted by Crippen LogP contribution is -2.58. The number of hydrogen-bond acceptors (Lipinski definition) is 1. The lowest BCUT2D eigenvalue weighted by molar-refractivity contribution is -0.172. The van der Waals surface area contributed by atoms with E-state index in [1.807, 2.05) is 0 Å². The van der Waals surface area contributed by atoms with Gasteiger partial charge in [0.1, 0.15) is 0 Å². The van der Waals surface area contributed by atoms with E-state index in [1.54, 1.807) is 0 Å². The van der Waals surface area contributed by atoms with E-state index in [9.17, 15) is 5.11 Å². The number of rotatable bonds is 0. The van der Waals surface area contributed by atoms with E-state index < -0.39 is 0 Å². The van der Waals surface area contributed by atoms with Crippen LogP contribution in [0, 0.1) is 16.7 Å². The van der Waals surface area contributed by atoms with E-state index >= 15 is 0 Å². The number of aliphatic hydroxyl groups excluding tert-OH is 1. The molecule has 0 heterocycles. The van der Waals surface area contributed by atoms with Gasteiger partial charge in [-0.25, -0.2) is 0 Å². The summed E-state index contributed by atoms with van der Waals surface area (Å²) >= 11 is 0. The van der Waals surface area contributed by atoms with E-state index in [-0.39, 0.29) is 11.5 Å². The fourth-order valence-corrected chi connectivity index (χ4v) is 2.99. The second-order valence-corrected chi connectivity index (χ2v) is 4.73. The third-order valence-electron chi connectivity index (χ3n) is 4.41. The van der Waals surface area contributed by atoms with Crippen molar-refractivity contribution in [3.05, 3.63) is 0 Å². The Kier molecular flexibility index (Phi) is 0.949. The van der Waals surface area contributed by atoms with Crippen LogP contribution in [0.1, 0.15) is 33.6 Å². The molecule has 3 atom stereocenters. The average molecular weight is 140 g/mol. The van der Waals surface area contributed by atoms with Gasteiger partial charge in [-0.1, -0.05) is 20.8 Å². The molecule has 1 nitrogen and oxygen atoms in total. The Morgan fingerprint density at radius 2 is 1.90 bits per heavy atom. The molecule has 0 aromatic heterocycles. The summed E-state index contributed by atoms with van der Waals surface area (Å²) in [6, 6.07) is 0. The first-order valence-electron chi connectivity index (χ1n) is 4.18. The Balaban J connectivity index is 2.35. The molecule has 3 aliphatic carbocycles. The Hall–Kier alpha value is -0.0400. The van der Waals surface area contributed by atoms with Crippen LogP contribution in [0.4, 0.5) is 0 Å². The smallest absolute Gasteiger partial charge is 0.0632 e. The van der Waals surface area contributed by atoms with Crippen molar-refractivity contribution in [3.63, 3.8) is 0 Å². The summed E-state index contributed by atoms with van der Waals surface area (Å²) in [5, 5.41) is 9.64. The summed E-state index contributed by atoms with van der Waals surface area (Å²) in [7, 11) is 0. The zero-order valence-corrected chi connectivity index (χ0v) is 7.02. The Morgan fingerprint density at radius 1 is 1.30 bits per heavy atom. The van der Waals surface area contributed by atoms with E-state index in [0.717, 1.165) is 0 Å². The maximum atomic E-state index is 9.64. The number of hydrogen-bond donors (Lipinski definition) is 1. The number of aliphatic hydroxyl groups is 1. The maximum Gasteiger partial charge on any atom is 0.0632 e. The van der Waals surface area contributed by atoms with Gasteiger partial charge < -0.3 is 5.11 Å². The van der Waals surface area contributed by atoms with Crippen LogP contribution in [-0.2, 0) is 0 Å². The standard InChI is InChI=1S/C9H16O/c1-8(2)6-4-5-9(8,3)7(6)10/h6-7,10H,4-5H2,1-3H3. The van der Waals surface area contributed by atoms with Gasteiger partial charge >= 0.3 is 0 Å². The quantitative estimate of drug-likeness (QED) is 0.544. The molecule has 3 fully saturated rings. The highest BCUT2D eigenvalue weighted by atomic mass is 16.3. The lowest BCUT2D eigenvalue weighted by atomic mass is 9.50. The van der Waals surface area contributed by atoms with Crippen molar-refractivity contribution >= 4 is 0 Å². The minimum Gasteiger partial charge on any atom is -0.392 e. The highest BCUT2D eigenvalue weighted by Gasteiger charge is 2.68. The Bertz CT molecular complexity index is 174. The molecule has 0 spiro atoms. The first-order valence-corrected chi connectivity index (χ1v) is 4.18. The summed E-state index contributed by atoms with van der Waals surface area (Å²) in [6.45, 7) is 6.80. The zero-order chi connectivity index (χ0) is 7.57. The van der Waals surface area contributed by atoms with Crippen LogP contribution in [0.5, 0.6) is 0 Å². The van der Waals surface area contributed by atoms with Gasteiger partial charge in [0.05, 0.1) is 6.10 Å². The molecule has 0 radical (unpaired) electrons. The van der Waals surface area contributed by atoms with Crippen LogP contribution in [0.15, 0.2) is 0 Å². The van der Waals surface area contributed by atoms with E-state index in [2.05, 4.69) is 20.8 Å². The third-order valence-corrected chi connectivity index (χ3v) is 4.41. The maximum absolute atomic E-state index is 9.64. The van der Waals surface area contributed by atoms with Gasteiger partial charge in [-0.2, -0.15) is 0 Å². The summed E-state index contributed by atoms with van der Waals surface area (Å²) < 4.78 is 0. The molecule has 0 aromatic rings. The Labute approximate surface area is 62.4 Å². The fourth-order valence-electron chi connectivity index (χ4n) is 2.99. The fraction of sp³-hybridized carbons (Fsp3) is 1.00. The largest absolute Gasteiger partial charge is 0.392 e. The monoisotopic (exact) mass is 140 g/mol. The van der Waals surface area contributed by atoms with E-state index in [0.29, 0.717) is 11.3 Å². The molecule has 3 rings (SSSR count). The van der Waals surface area contributed by atoms with Crippen LogP contribution in [0.25, 0.3) is 0 Å². The van der Waals surface area contributed by atoms with Gasteiger partial charge in [-0.3, -0.25) is 0 Å². The van der Waals surface area contributed by atoms with E-state index in [4.69, 9.17) is 0 Å². The predicted molar refractivity (Wildman–Crippen MR) is 40.6 cm³/mol.